The first kappa shape index (κ1) is 80.8. The fraction of sp³-hybridized carbons (Fsp3) is 0.600. The van der Waals surface area contributed by atoms with Gasteiger partial charge in [-0.05, 0) is 132 Å². The van der Waals surface area contributed by atoms with Gasteiger partial charge in [0.2, 0.25) is 70.9 Å². The molecular formula is C65H104N20O13. The lowest BCUT2D eigenvalue weighted by molar-refractivity contribution is -0.142. The van der Waals surface area contributed by atoms with Crippen LogP contribution in [0.4, 0.5) is 0 Å². The lowest BCUT2D eigenvalue weighted by Crippen LogP contribution is -2.61. The minimum absolute atomic E-state index is 0.00553. The maximum Gasteiger partial charge on any atom is 0.245 e. The van der Waals surface area contributed by atoms with Gasteiger partial charge in [-0.3, -0.25) is 67.5 Å². The third-order valence-corrected chi connectivity index (χ3v) is 16.7. The van der Waals surface area contributed by atoms with Crippen molar-refractivity contribution in [2.75, 3.05) is 39.3 Å². The Morgan fingerprint density at radius 1 is 0.643 bits per heavy atom. The molecule has 11 atom stereocenters. The van der Waals surface area contributed by atoms with Crippen LogP contribution >= 0.6 is 0 Å². The molecule has 2 saturated heterocycles. The summed E-state index contributed by atoms with van der Waals surface area (Å²) in [7, 11) is 0. The van der Waals surface area contributed by atoms with Crippen LogP contribution in [0.2, 0.25) is 0 Å². The first-order chi connectivity index (χ1) is 46.6. The van der Waals surface area contributed by atoms with Crippen molar-refractivity contribution in [1.29, 1.82) is 0 Å². The monoisotopic (exact) mass is 1370 g/mol. The number of hydrogen-bond acceptors (Lipinski definition) is 17. The number of phenolic OH excluding ortho intramolecular Hbond substituents is 1. The molecule has 0 bridgehead atoms. The average molecular weight is 1370 g/mol. The molecule has 2 aliphatic heterocycles. The van der Waals surface area contributed by atoms with Gasteiger partial charge >= 0.3 is 0 Å². The molecule has 2 aliphatic rings. The Balaban J connectivity index is 1.69. The second kappa shape index (κ2) is 42.1. The topological polar surface area (TPSA) is 555 Å². The van der Waals surface area contributed by atoms with E-state index in [1.54, 1.807) is 70.2 Å². The van der Waals surface area contributed by atoms with Crippen LogP contribution in [-0.2, 0) is 70.4 Å². The SMILES string of the molecule is CC[C@H](C)[C@H](NC(=O)[C@H](CCCN=C(N)N)NC(=O)[C@@H]1CCCCNC(=O)C[C@H](NC(=O)[C@@H](N)Cc2ccc(O)cc2)C(=O)NCC(=O)N[C@@H](Cc2ccccc2)C(=O)N[C@@H](CC(C)C)C(=O)N1)C(=O)N[C@@H](CCCN=C(N)N)C(=O)N1CCC[C@H]1C(=O)N[C@@H](CCCCN)C(N)=O. The molecule has 0 saturated carbocycles. The molecule has 2 aromatic rings. The van der Waals surface area contributed by atoms with Crippen LogP contribution in [0, 0.1) is 11.8 Å². The second-order valence-electron chi connectivity index (χ2n) is 25.2. The summed E-state index contributed by atoms with van der Waals surface area (Å²) in [5.74, 6) is -10.7. The Morgan fingerprint density at radius 2 is 1.28 bits per heavy atom. The van der Waals surface area contributed by atoms with Crippen LogP contribution in [0.15, 0.2) is 64.6 Å². The highest BCUT2D eigenvalue weighted by Gasteiger charge is 2.41. The van der Waals surface area contributed by atoms with E-state index < -0.39 is 150 Å². The van der Waals surface area contributed by atoms with Crippen molar-refractivity contribution in [3.05, 3.63) is 65.7 Å². The average Bonchev–Trinajstić information content (AvgIpc) is 1.94. The van der Waals surface area contributed by atoms with E-state index in [0.717, 1.165) is 0 Å². The summed E-state index contributed by atoms with van der Waals surface area (Å²) in [6.45, 7) is 6.84. The van der Waals surface area contributed by atoms with Gasteiger partial charge in [-0.2, -0.15) is 0 Å². The van der Waals surface area contributed by atoms with Gasteiger partial charge in [-0.15, -0.1) is 0 Å². The summed E-state index contributed by atoms with van der Waals surface area (Å²) in [6.07, 6.45) is 1.91. The standard InChI is InChI=1S/C65H104N20O13/c1-5-38(4)53(62(97)81-46(21-14-30-75-65(71)72)63(98)85-31-15-22-50(85)61(96)78-43(54(68)89)18-9-11-27-66)84-58(93)45(20-13-29-74-64(69)70)79-57(92)44-19-10-12-28-73-51(87)35-49(82-55(90)42(67)33-40-23-25-41(86)26-24-40)56(91)76-36-52(88)77-48(34-39-16-7-6-8-17-39)60(95)83-47(32-37(2)3)59(94)80-44/h6-8,16-17,23-26,37-38,42-50,53,86H,5,9-15,18-22,27-36,66-67H2,1-4H3,(H2,68,89)(H,73,87)(H,76,91)(H,77,88)(H,78,96)(H,79,92)(H,80,94)(H,81,97)(H,82,90)(H,83,95)(H,84,93)(H4,69,70,74)(H4,71,72,75)/t38-,42-,43-,44-,45-,46-,47-,48-,49-,50-,53-/m0/s1. The highest BCUT2D eigenvalue weighted by atomic mass is 16.3. The van der Waals surface area contributed by atoms with E-state index in [9.17, 15) is 62.6 Å². The number of primary amides is 1. The molecule has 25 N–H and O–H groups in total. The van der Waals surface area contributed by atoms with Gasteiger partial charge in [-0.25, -0.2) is 0 Å². The number of aliphatic imine (C=N–C) groups is 2. The van der Waals surface area contributed by atoms with Crippen molar-refractivity contribution < 1.29 is 62.6 Å². The summed E-state index contributed by atoms with van der Waals surface area (Å²) in [4.78, 5) is 179. The molecule has 4 rings (SSSR count). The van der Waals surface area contributed by atoms with Crippen molar-refractivity contribution in [2.45, 2.75) is 197 Å². The molecule has 0 aromatic heterocycles. The summed E-state index contributed by atoms with van der Waals surface area (Å²) in [5.41, 5.74) is 41.2. The Kier molecular flexibility index (Phi) is 34.7. The number of nitrogens with zero attached hydrogens (tertiary/aromatic N) is 3. The molecule has 33 nitrogen and oxygen atoms in total. The molecule has 0 spiro atoms. The number of carbonyl (C=O) groups excluding carboxylic acids is 12. The molecule has 2 heterocycles. The number of amides is 12. The highest BCUT2D eigenvalue weighted by molar-refractivity contribution is 5.99. The maximum absolute atomic E-state index is 14.9. The number of nitrogens with one attached hydrogen (secondary N) is 10. The van der Waals surface area contributed by atoms with Crippen LogP contribution in [0.3, 0.4) is 0 Å². The van der Waals surface area contributed by atoms with Crippen LogP contribution in [0.5, 0.6) is 5.75 Å². The first-order valence-corrected chi connectivity index (χ1v) is 33.5. The molecule has 98 heavy (non-hydrogen) atoms. The summed E-state index contributed by atoms with van der Waals surface area (Å²) < 4.78 is 0. The number of aromatic hydroxyl groups is 1. The lowest BCUT2D eigenvalue weighted by Gasteiger charge is -2.32. The molecule has 2 aromatic carbocycles. The van der Waals surface area contributed by atoms with Crippen molar-refractivity contribution in [3.8, 4) is 5.75 Å². The lowest BCUT2D eigenvalue weighted by atomic mass is 9.96. The maximum atomic E-state index is 14.9. The third kappa shape index (κ3) is 28.6. The van der Waals surface area contributed by atoms with E-state index in [1.165, 1.54) is 17.0 Å². The first-order valence-electron chi connectivity index (χ1n) is 33.5. The highest BCUT2D eigenvalue weighted by Crippen LogP contribution is 2.22. The zero-order valence-electron chi connectivity index (χ0n) is 56.6. The molecule has 542 valence electrons. The van der Waals surface area contributed by atoms with E-state index in [4.69, 9.17) is 40.1 Å². The zero-order chi connectivity index (χ0) is 72.4. The van der Waals surface area contributed by atoms with E-state index in [-0.39, 0.29) is 127 Å². The molecule has 33 heteroatoms. The summed E-state index contributed by atoms with van der Waals surface area (Å²) in [6, 6.07) is 1.52. The van der Waals surface area contributed by atoms with Gasteiger partial charge in [-0.1, -0.05) is 76.6 Å². The van der Waals surface area contributed by atoms with E-state index >= 15 is 0 Å². The summed E-state index contributed by atoms with van der Waals surface area (Å²) >= 11 is 0. The molecule has 0 radical (unpaired) electrons. The molecule has 12 amide bonds. The number of unbranched alkanes of at least 4 members (excludes halogenated alkanes) is 1. The zero-order valence-corrected chi connectivity index (χ0v) is 56.6. The molecule has 2 fully saturated rings. The van der Waals surface area contributed by atoms with Gasteiger partial charge in [0, 0.05) is 32.6 Å². The Hall–Kier alpha value is -9.66. The molecule has 0 unspecified atom stereocenters. The smallest absolute Gasteiger partial charge is 0.245 e. The van der Waals surface area contributed by atoms with E-state index in [0.29, 0.717) is 43.4 Å². The molecule has 0 aliphatic carbocycles. The normalized spacial score (nSPS) is 20.1. The number of likely N-dealkylation sites (tertiary alicyclic amines) is 1. The fourth-order valence-electron chi connectivity index (χ4n) is 11.1. The number of guanidine groups is 2. The predicted molar refractivity (Wildman–Crippen MR) is 365 cm³/mol. The van der Waals surface area contributed by atoms with Gasteiger partial charge in [0.05, 0.1) is 19.0 Å². The number of phenols is 1. The number of benzene rings is 2. The van der Waals surface area contributed by atoms with Gasteiger partial charge in [0.15, 0.2) is 11.9 Å². The van der Waals surface area contributed by atoms with Crippen molar-refractivity contribution in [1.82, 2.24) is 58.1 Å². The van der Waals surface area contributed by atoms with Crippen molar-refractivity contribution in [2.24, 2.45) is 62.0 Å². The van der Waals surface area contributed by atoms with Crippen LogP contribution in [0.1, 0.15) is 135 Å². The molecular weight excluding hydrogens is 1270 g/mol. The third-order valence-electron chi connectivity index (χ3n) is 16.7. The van der Waals surface area contributed by atoms with Gasteiger partial charge < -0.3 is 103 Å². The van der Waals surface area contributed by atoms with Crippen LogP contribution < -0.4 is 93.3 Å². The van der Waals surface area contributed by atoms with Gasteiger partial charge in [0.1, 0.15) is 60.1 Å². The quantitative estimate of drug-likeness (QED) is 0.0189. The number of hydrogen-bond donors (Lipinski definition) is 18. The Bertz CT molecular complexity index is 3060. The minimum atomic E-state index is -1.55. The van der Waals surface area contributed by atoms with Crippen LogP contribution in [0.25, 0.3) is 0 Å². The second-order valence-corrected chi connectivity index (χ2v) is 25.2. The minimum Gasteiger partial charge on any atom is -0.508 e. The number of rotatable bonds is 32. The van der Waals surface area contributed by atoms with E-state index in [2.05, 4.69) is 63.2 Å². The fourth-order valence-corrected chi connectivity index (χ4v) is 11.1. The number of nitrogens with two attached hydrogens (primary N) is 7. The van der Waals surface area contributed by atoms with Crippen molar-refractivity contribution >= 4 is 82.8 Å². The Labute approximate surface area is 571 Å². The predicted octanol–water partition coefficient (Wildman–Crippen LogP) is -4.01. The van der Waals surface area contributed by atoms with Crippen LogP contribution in [-0.4, -0.2) is 192 Å². The largest absolute Gasteiger partial charge is 0.508 e. The van der Waals surface area contributed by atoms with Gasteiger partial charge in [0.25, 0.3) is 0 Å². The summed E-state index contributed by atoms with van der Waals surface area (Å²) in [5, 5.41) is 36.6. The van der Waals surface area contributed by atoms with E-state index in [1.807, 2.05) is 0 Å². The Morgan fingerprint density at radius 3 is 1.90 bits per heavy atom. The number of carbonyl (C=O) groups is 12. The van der Waals surface area contributed by atoms with Crippen molar-refractivity contribution in [3.63, 3.8) is 0 Å².